The molecular weight excluding hydrogens is 351 g/mol. The van der Waals surface area contributed by atoms with Crippen LogP contribution in [0.1, 0.15) is 10.4 Å². The van der Waals surface area contributed by atoms with Crippen molar-refractivity contribution in [3.63, 3.8) is 0 Å². The van der Waals surface area contributed by atoms with Crippen molar-refractivity contribution >= 4 is 34.1 Å². The molecule has 25 heavy (non-hydrogen) atoms. The van der Waals surface area contributed by atoms with Crippen LogP contribution in [0, 0.1) is 0 Å². The Morgan fingerprint density at radius 1 is 1.00 bits per heavy atom. The van der Waals surface area contributed by atoms with E-state index in [9.17, 15) is 23.1 Å². The zero-order valence-electron chi connectivity index (χ0n) is 12.7. The molecule has 0 aliphatic heterocycles. The Hall–Kier alpha value is -2.67. The highest BCUT2D eigenvalue weighted by atomic mass is 32.2. The predicted octanol–water partition coefficient (Wildman–Crippen LogP) is 5.41. The molecule has 0 saturated heterocycles. The molecule has 2 N–H and O–H groups in total. The maximum absolute atomic E-state index is 12.4. The Kier molecular flexibility index (Phi) is 4.59. The minimum atomic E-state index is -4.40. The average molecular weight is 363 g/mol. The molecule has 0 aliphatic rings. The average Bonchev–Trinajstić information content (AvgIpc) is 2.54. The summed E-state index contributed by atoms with van der Waals surface area (Å²) in [6, 6.07) is 15.6. The van der Waals surface area contributed by atoms with Crippen LogP contribution in [-0.2, 0) is 0 Å². The molecule has 7 heteroatoms. The van der Waals surface area contributed by atoms with Crippen molar-refractivity contribution in [1.29, 1.82) is 0 Å². The third-order valence-electron chi connectivity index (χ3n) is 3.47. The van der Waals surface area contributed by atoms with Crippen molar-refractivity contribution in [2.24, 2.45) is 0 Å². The summed E-state index contributed by atoms with van der Waals surface area (Å²) in [6.45, 7) is 0. The molecule has 0 saturated carbocycles. The van der Waals surface area contributed by atoms with Crippen LogP contribution in [0.25, 0.3) is 10.8 Å². The van der Waals surface area contributed by atoms with Gasteiger partial charge in [-0.15, -0.1) is 0 Å². The number of carbonyl (C=O) groups excluding carboxylic acids is 1. The lowest BCUT2D eigenvalue weighted by Gasteiger charge is -2.11. The van der Waals surface area contributed by atoms with Crippen LogP contribution in [0.4, 0.5) is 18.9 Å². The van der Waals surface area contributed by atoms with Gasteiger partial charge in [-0.3, -0.25) is 4.79 Å². The maximum Gasteiger partial charge on any atom is 0.446 e. The van der Waals surface area contributed by atoms with Gasteiger partial charge in [0.2, 0.25) is 0 Å². The van der Waals surface area contributed by atoms with Crippen molar-refractivity contribution < 1.29 is 23.1 Å². The zero-order valence-corrected chi connectivity index (χ0v) is 13.5. The number of alkyl halides is 3. The van der Waals surface area contributed by atoms with E-state index in [1.54, 1.807) is 24.3 Å². The number of hydrogen-bond donors (Lipinski definition) is 2. The summed E-state index contributed by atoms with van der Waals surface area (Å²) in [5.74, 6) is -0.770. The first-order chi connectivity index (χ1) is 11.8. The second kappa shape index (κ2) is 6.68. The van der Waals surface area contributed by atoms with Gasteiger partial charge >= 0.3 is 5.51 Å². The van der Waals surface area contributed by atoms with Crippen molar-refractivity contribution in [2.75, 3.05) is 5.32 Å². The molecule has 0 heterocycles. The first-order valence-electron chi connectivity index (χ1n) is 7.21. The smallest absolute Gasteiger partial charge is 0.446 e. The van der Waals surface area contributed by atoms with Gasteiger partial charge in [-0.2, -0.15) is 13.2 Å². The van der Waals surface area contributed by atoms with E-state index in [0.717, 1.165) is 5.39 Å². The summed E-state index contributed by atoms with van der Waals surface area (Å²) < 4.78 is 37.3. The van der Waals surface area contributed by atoms with Gasteiger partial charge in [-0.05, 0) is 41.4 Å². The summed E-state index contributed by atoms with van der Waals surface area (Å²) in [5.41, 5.74) is -4.14. The van der Waals surface area contributed by atoms with Gasteiger partial charge in [-0.1, -0.05) is 36.4 Å². The van der Waals surface area contributed by atoms with Crippen molar-refractivity contribution in [2.45, 2.75) is 10.4 Å². The molecule has 0 bridgehead atoms. The molecule has 3 aromatic rings. The van der Waals surface area contributed by atoms with Crippen LogP contribution < -0.4 is 5.32 Å². The zero-order chi connectivity index (χ0) is 18.0. The standard InChI is InChI=1S/C18H12F3NO2S/c19-18(20,21)25-13-6-3-5-12(10-13)22-17(24)15-9-8-11-4-1-2-7-14(11)16(15)23/h1-10,23H,(H,22,24). The van der Waals surface area contributed by atoms with Crippen LogP contribution >= 0.6 is 11.8 Å². The highest BCUT2D eigenvalue weighted by Crippen LogP contribution is 2.37. The first-order valence-corrected chi connectivity index (χ1v) is 8.03. The number of hydrogen-bond acceptors (Lipinski definition) is 3. The van der Waals surface area contributed by atoms with E-state index in [1.165, 1.54) is 30.3 Å². The molecule has 3 aromatic carbocycles. The molecule has 3 nitrogen and oxygen atoms in total. The highest BCUT2D eigenvalue weighted by Gasteiger charge is 2.29. The molecule has 0 atom stereocenters. The number of carbonyl (C=O) groups is 1. The quantitative estimate of drug-likeness (QED) is 0.612. The fourth-order valence-electron chi connectivity index (χ4n) is 2.41. The number of aromatic hydroxyl groups is 1. The van der Waals surface area contributed by atoms with Crippen LogP contribution in [-0.4, -0.2) is 16.5 Å². The number of fused-ring (bicyclic) bond motifs is 1. The molecule has 3 rings (SSSR count). The summed E-state index contributed by atoms with van der Waals surface area (Å²) >= 11 is -0.258. The molecule has 0 unspecified atom stereocenters. The number of halogens is 3. The predicted molar refractivity (Wildman–Crippen MR) is 91.9 cm³/mol. The summed E-state index contributed by atoms with van der Waals surface area (Å²) in [7, 11) is 0. The number of benzene rings is 3. The molecule has 0 aliphatic carbocycles. The number of nitrogens with one attached hydrogen (secondary N) is 1. The number of phenolic OH excluding ortho intramolecular Hbond substituents is 1. The van der Waals surface area contributed by atoms with Crippen molar-refractivity contribution in [1.82, 2.24) is 0 Å². The second-order valence-electron chi connectivity index (χ2n) is 5.21. The van der Waals surface area contributed by atoms with Crippen LogP contribution in [0.2, 0.25) is 0 Å². The topological polar surface area (TPSA) is 49.3 Å². The lowest BCUT2D eigenvalue weighted by atomic mass is 10.0. The fraction of sp³-hybridized carbons (Fsp3) is 0.0556. The van der Waals surface area contributed by atoms with Crippen molar-refractivity contribution in [3.8, 4) is 5.75 Å². The summed E-state index contributed by atoms with van der Waals surface area (Å²) in [6.07, 6.45) is 0. The third-order valence-corrected chi connectivity index (χ3v) is 4.19. The minimum absolute atomic E-state index is 0.0342. The lowest BCUT2D eigenvalue weighted by Crippen LogP contribution is -2.12. The monoisotopic (exact) mass is 363 g/mol. The Balaban J connectivity index is 1.85. The minimum Gasteiger partial charge on any atom is -0.506 e. The van der Waals surface area contributed by atoms with E-state index in [2.05, 4.69) is 5.32 Å². The van der Waals surface area contributed by atoms with E-state index in [0.29, 0.717) is 5.39 Å². The van der Waals surface area contributed by atoms with Crippen LogP contribution in [0.15, 0.2) is 65.6 Å². The number of thioether (sulfide) groups is 1. The second-order valence-corrected chi connectivity index (χ2v) is 6.35. The highest BCUT2D eigenvalue weighted by molar-refractivity contribution is 8.00. The van der Waals surface area contributed by atoms with E-state index in [1.807, 2.05) is 6.07 Å². The number of anilines is 1. The lowest BCUT2D eigenvalue weighted by molar-refractivity contribution is -0.0328. The van der Waals surface area contributed by atoms with E-state index in [4.69, 9.17) is 0 Å². The van der Waals surface area contributed by atoms with Gasteiger partial charge in [0.05, 0.1) is 5.56 Å². The van der Waals surface area contributed by atoms with Crippen LogP contribution in [0.5, 0.6) is 5.75 Å². The van der Waals surface area contributed by atoms with Gasteiger partial charge in [0.25, 0.3) is 5.91 Å². The fourth-order valence-corrected chi connectivity index (χ4v) is 3.01. The van der Waals surface area contributed by atoms with E-state index >= 15 is 0 Å². The Morgan fingerprint density at radius 3 is 2.52 bits per heavy atom. The molecule has 0 aromatic heterocycles. The molecule has 0 fully saturated rings. The Labute approximate surface area is 145 Å². The molecule has 128 valence electrons. The number of phenols is 1. The maximum atomic E-state index is 12.4. The van der Waals surface area contributed by atoms with Gasteiger partial charge in [0.1, 0.15) is 5.75 Å². The van der Waals surface area contributed by atoms with Crippen molar-refractivity contribution in [3.05, 3.63) is 66.2 Å². The molecule has 0 spiro atoms. The SMILES string of the molecule is O=C(Nc1cccc(SC(F)(F)F)c1)c1ccc2ccccc2c1O. The van der Waals surface area contributed by atoms with E-state index < -0.39 is 11.4 Å². The Morgan fingerprint density at radius 2 is 1.76 bits per heavy atom. The largest absolute Gasteiger partial charge is 0.506 e. The summed E-state index contributed by atoms with van der Waals surface area (Å²) in [4.78, 5) is 12.3. The van der Waals surface area contributed by atoms with Crippen LogP contribution in [0.3, 0.4) is 0 Å². The molecule has 1 amide bonds. The number of rotatable bonds is 3. The third kappa shape index (κ3) is 4.06. The summed E-state index contributed by atoms with van der Waals surface area (Å²) in [5, 5.41) is 14.1. The van der Waals surface area contributed by atoms with Gasteiger partial charge < -0.3 is 10.4 Å². The normalized spacial score (nSPS) is 11.5. The molecule has 0 radical (unpaired) electrons. The van der Waals surface area contributed by atoms with Gasteiger partial charge in [-0.25, -0.2) is 0 Å². The Bertz CT molecular complexity index is 941. The van der Waals surface area contributed by atoms with Gasteiger partial charge in [0, 0.05) is 16.0 Å². The van der Waals surface area contributed by atoms with E-state index in [-0.39, 0.29) is 33.7 Å². The number of amides is 1. The van der Waals surface area contributed by atoms with Gasteiger partial charge in [0.15, 0.2) is 0 Å². The molecular formula is C18H12F3NO2S. The first kappa shape index (κ1) is 17.2.